The monoisotopic (exact) mass is 522 g/mol. The van der Waals surface area contributed by atoms with Gasteiger partial charge in [-0.15, -0.1) is 0 Å². The maximum Gasteiger partial charge on any atom is 0.229 e. The van der Waals surface area contributed by atoms with E-state index in [4.69, 9.17) is 23.4 Å². The molecule has 1 aromatic heterocycles. The lowest BCUT2D eigenvalue weighted by Gasteiger charge is -2.40. The fourth-order valence-electron chi connectivity index (χ4n) is 4.36. The van der Waals surface area contributed by atoms with Crippen LogP contribution >= 0.6 is 0 Å². The Kier molecular flexibility index (Phi) is 6.83. The molecule has 7 N–H and O–H groups in total. The zero-order chi connectivity index (χ0) is 26.5. The summed E-state index contributed by atoms with van der Waals surface area (Å²) < 4.78 is 27.4. The van der Waals surface area contributed by atoms with Gasteiger partial charge >= 0.3 is 0 Å². The highest BCUT2D eigenvalue weighted by molar-refractivity contribution is 5.93. The van der Waals surface area contributed by atoms with Gasteiger partial charge in [0.2, 0.25) is 11.7 Å². The maximum atomic E-state index is 12.8. The quantitative estimate of drug-likeness (QED) is 0.180. The SMILES string of the molecule is O=c1c2ccccc2oc2cc(O[C@@H]3O[C@H](CO[C@@H]4OC[C@](O)(CO)[C@H]4O)[C@@H](O)[C@H](O)[C@H]3O)cc(O)c12. The number of phenols is 1. The van der Waals surface area contributed by atoms with Crippen molar-refractivity contribution >= 4 is 21.9 Å². The third-order valence-corrected chi connectivity index (χ3v) is 6.56. The van der Waals surface area contributed by atoms with E-state index in [9.17, 15) is 40.5 Å². The summed E-state index contributed by atoms with van der Waals surface area (Å²) in [5, 5.41) is 71.2. The highest BCUT2D eigenvalue weighted by Gasteiger charge is 2.50. The Morgan fingerprint density at radius 2 is 1.76 bits per heavy atom. The van der Waals surface area contributed by atoms with Gasteiger partial charge in [0.15, 0.2) is 6.29 Å². The molecule has 2 aliphatic rings. The van der Waals surface area contributed by atoms with Crippen molar-refractivity contribution in [2.24, 2.45) is 0 Å². The van der Waals surface area contributed by atoms with Crippen LogP contribution in [0, 0.1) is 0 Å². The van der Waals surface area contributed by atoms with Gasteiger partial charge in [0.1, 0.15) is 64.2 Å². The molecule has 0 spiro atoms. The van der Waals surface area contributed by atoms with E-state index in [-0.39, 0.29) is 27.7 Å². The first-order valence-corrected chi connectivity index (χ1v) is 11.4. The van der Waals surface area contributed by atoms with Gasteiger partial charge in [-0.05, 0) is 12.1 Å². The number of fused-ring (bicyclic) bond motifs is 2. The lowest BCUT2D eigenvalue weighted by molar-refractivity contribution is -0.289. The van der Waals surface area contributed by atoms with Crippen LogP contribution in [0.4, 0.5) is 0 Å². The van der Waals surface area contributed by atoms with Crippen LogP contribution in [0.15, 0.2) is 45.6 Å². The molecule has 8 atom stereocenters. The van der Waals surface area contributed by atoms with E-state index >= 15 is 0 Å². The van der Waals surface area contributed by atoms with E-state index in [1.54, 1.807) is 24.3 Å². The van der Waals surface area contributed by atoms with Crippen LogP contribution in [0.2, 0.25) is 0 Å². The van der Waals surface area contributed by atoms with Crippen LogP contribution in [0.25, 0.3) is 21.9 Å². The van der Waals surface area contributed by atoms with Crippen molar-refractivity contribution in [2.45, 2.75) is 48.7 Å². The predicted octanol–water partition coefficient (Wildman–Crippen LogP) is -1.70. The van der Waals surface area contributed by atoms with Gasteiger partial charge in [0, 0.05) is 12.1 Å². The molecule has 0 saturated carbocycles. The number of ether oxygens (including phenoxy) is 4. The van der Waals surface area contributed by atoms with Gasteiger partial charge in [-0.2, -0.15) is 0 Å². The number of hydrogen-bond acceptors (Lipinski definition) is 13. The molecule has 2 fully saturated rings. The first kappa shape index (κ1) is 25.8. The minimum Gasteiger partial charge on any atom is -0.507 e. The molecule has 0 bridgehead atoms. The molecule has 0 unspecified atom stereocenters. The summed E-state index contributed by atoms with van der Waals surface area (Å²) in [6, 6.07) is 8.91. The van der Waals surface area contributed by atoms with Crippen molar-refractivity contribution in [1.82, 2.24) is 0 Å². The maximum absolute atomic E-state index is 12.8. The third kappa shape index (κ3) is 4.54. The van der Waals surface area contributed by atoms with Crippen molar-refractivity contribution in [2.75, 3.05) is 19.8 Å². The fraction of sp³-hybridized carbons (Fsp3) is 0.458. The van der Waals surface area contributed by atoms with Gasteiger partial charge < -0.3 is 59.1 Å². The summed E-state index contributed by atoms with van der Waals surface area (Å²) in [7, 11) is 0. The molecule has 0 amide bonds. The Morgan fingerprint density at radius 1 is 1.00 bits per heavy atom. The number of rotatable bonds is 6. The van der Waals surface area contributed by atoms with Crippen LogP contribution in [-0.2, 0) is 14.2 Å². The molecular weight excluding hydrogens is 496 g/mol. The molecule has 37 heavy (non-hydrogen) atoms. The molecule has 13 nitrogen and oxygen atoms in total. The summed E-state index contributed by atoms with van der Waals surface area (Å²) >= 11 is 0. The molecule has 2 aromatic carbocycles. The molecule has 2 saturated heterocycles. The number of aliphatic hydroxyl groups excluding tert-OH is 5. The largest absolute Gasteiger partial charge is 0.507 e. The van der Waals surface area contributed by atoms with Crippen LogP contribution in [-0.4, -0.2) is 104 Å². The molecule has 3 heterocycles. The highest BCUT2D eigenvalue weighted by atomic mass is 16.7. The fourth-order valence-corrected chi connectivity index (χ4v) is 4.36. The van der Waals surface area contributed by atoms with Crippen LogP contribution in [0.3, 0.4) is 0 Å². The van der Waals surface area contributed by atoms with Crippen LogP contribution in [0.5, 0.6) is 11.5 Å². The first-order chi connectivity index (χ1) is 17.6. The molecule has 200 valence electrons. The summed E-state index contributed by atoms with van der Waals surface area (Å²) in [6.45, 7) is -1.63. The summed E-state index contributed by atoms with van der Waals surface area (Å²) in [5.74, 6) is -0.514. The molecule has 13 heteroatoms. The van der Waals surface area contributed by atoms with Gasteiger partial charge in [-0.1, -0.05) is 12.1 Å². The zero-order valence-corrected chi connectivity index (χ0v) is 19.2. The highest BCUT2D eigenvalue weighted by Crippen LogP contribution is 2.33. The molecule has 3 aromatic rings. The number of benzene rings is 2. The van der Waals surface area contributed by atoms with E-state index in [0.717, 1.165) is 6.07 Å². The van der Waals surface area contributed by atoms with Gasteiger partial charge in [0.05, 0.1) is 25.2 Å². The Balaban J connectivity index is 1.35. The van der Waals surface area contributed by atoms with E-state index in [2.05, 4.69) is 0 Å². The Morgan fingerprint density at radius 3 is 2.49 bits per heavy atom. The number of para-hydroxylation sites is 1. The minimum atomic E-state index is -1.92. The van der Waals surface area contributed by atoms with Crippen LogP contribution in [0.1, 0.15) is 0 Å². The second-order valence-corrected chi connectivity index (χ2v) is 9.09. The normalized spacial score (nSPS) is 34.3. The van der Waals surface area contributed by atoms with E-state index in [1.807, 2.05) is 0 Å². The number of hydrogen-bond donors (Lipinski definition) is 7. The van der Waals surface area contributed by atoms with Crippen molar-refractivity contribution in [3.63, 3.8) is 0 Å². The number of aliphatic hydroxyl groups is 6. The zero-order valence-electron chi connectivity index (χ0n) is 19.2. The molecule has 0 aliphatic carbocycles. The van der Waals surface area contributed by atoms with Crippen LogP contribution < -0.4 is 10.2 Å². The topological polar surface area (TPSA) is 209 Å². The van der Waals surface area contributed by atoms with Crippen molar-refractivity contribution < 1.29 is 59.1 Å². The van der Waals surface area contributed by atoms with Crippen molar-refractivity contribution in [3.8, 4) is 11.5 Å². The van der Waals surface area contributed by atoms with Gasteiger partial charge in [-0.3, -0.25) is 4.79 Å². The van der Waals surface area contributed by atoms with E-state index in [0.29, 0.717) is 0 Å². The van der Waals surface area contributed by atoms with Crippen molar-refractivity contribution in [1.29, 1.82) is 0 Å². The first-order valence-electron chi connectivity index (χ1n) is 11.4. The second kappa shape index (κ2) is 9.79. The summed E-state index contributed by atoms with van der Waals surface area (Å²) in [5.41, 5.74) is -2.08. The Labute approximate surface area is 208 Å². The third-order valence-electron chi connectivity index (χ3n) is 6.56. The average molecular weight is 522 g/mol. The lowest BCUT2D eigenvalue weighted by Crippen LogP contribution is -2.60. The molecule has 0 radical (unpaired) electrons. The molecule has 5 rings (SSSR count). The standard InChI is InChI=1S/C24H26O13/c25-8-24(32)9-34-23(21(24)31)33-7-15-18(28)19(29)20(30)22(37-15)35-10-5-12(26)16-14(6-10)36-13-4-2-1-3-11(13)17(16)27/h1-6,15,18-23,25-26,28-32H,7-9H2/t15-,18-,19+,20-,21+,22-,23-,24-/m1/s1. The summed E-state index contributed by atoms with van der Waals surface area (Å²) in [6.07, 6.45) is -10.9. The minimum absolute atomic E-state index is 0.00760. The molecule has 2 aliphatic heterocycles. The Hall–Kier alpha value is -2.85. The smallest absolute Gasteiger partial charge is 0.229 e. The van der Waals surface area contributed by atoms with Gasteiger partial charge in [-0.25, -0.2) is 0 Å². The van der Waals surface area contributed by atoms with Gasteiger partial charge in [0.25, 0.3) is 0 Å². The lowest BCUT2D eigenvalue weighted by atomic mass is 9.99. The second-order valence-electron chi connectivity index (χ2n) is 9.09. The summed E-state index contributed by atoms with van der Waals surface area (Å²) in [4.78, 5) is 12.8. The number of phenolic OH excluding ortho intramolecular Hbond substituents is 1. The number of aromatic hydroxyl groups is 1. The Bertz CT molecular complexity index is 1340. The average Bonchev–Trinajstić information content (AvgIpc) is 3.17. The predicted molar refractivity (Wildman–Crippen MR) is 123 cm³/mol. The van der Waals surface area contributed by atoms with E-state index < -0.39 is 79.7 Å². The van der Waals surface area contributed by atoms with Crippen molar-refractivity contribution in [3.05, 3.63) is 46.6 Å². The molecular formula is C24H26O13. The van der Waals surface area contributed by atoms with E-state index in [1.165, 1.54) is 6.07 Å².